The minimum atomic E-state index is -3.14. The number of sulfone groups is 1. The summed E-state index contributed by atoms with van der Waals surface area (Å²) in [5.74, 6) is 2.77. The van der Waals surface area contributed by atoms with E-state index in [4.69, 9.17) is 0 Å². The molecule has 0 radical (unpaired) electrons. The van der Waals surface area contributed by atoms with Crippen molar-refractivity contribution in [1.82, 2.24) is 0 Å². The first-order valence-electron chi connectivity index (χ1n) is 6.10. The van der Waals surface area contributed by atoms with Gasteiger partial charge in [0.1, 0.15) is 0 Å². The molecule has 1 saturated heterocycles. The van der Waals surface area contributed by atoms with E-state index in [1.807, 2.05) is 29.6 Å². The Morgan fingerprint density at radius 2 is 1.83 bits per heavy atom. The molecule has 1 aliphatic heterocycles. The highest BCUT2D eigenvalue weighted by Crippen LogP contribution is 2.36. The van der Waals surface area contributed by atoms with E-state index >= 15 is 0 Å². The Bertz CT molecular complexity index is 464. The van der Waals surface area contributed by atoms with Crippen LogP contribution in [0.15, 0.2) is 35.2 Å². The molecule has 0 bridgehead atoms. The van der Waals surface area contributed by atoms with Gasteiger partial charge in [-0.25, -0.2) is 8.42 Å². The van der Waals surface area contributed by atoms with E-state index in [1.165, 1.54) is 6.42 Å². The molecular weight excluding hydrogens is 284 g/mol. The topological polar surface area (TPSA) is 34.1 Å². The van der Waals surface area contributed by atoms with Crippen molar-refractivity contribution in [3.8, 4) is 0 Å². The molecule has 18 heavy (non-hydrogen) atoms. The normalized spacial score (nSPS) is 19.6. The zero-order valence-electron chi connectivity index (χ0n) is 10.4. The molecule has 1 aromatic carbocycles. The lowest BCUT2D eigenvalue weighted by Gasteiger charge is -2.26. The summed E-state index contributed by atoms with van der Waals surface area (Å²) in [6.07, 6.45) is 1.24. The van der Waals surface area contributed by atoms with Crippen LogP contribution in [0.5, 0.6) is 0 Å². The van der Waals surface area contributed by atoms with E-state index < -0.39 is 9.84 Å². The van der Waals surface area contributed by atoms with Gasteiger partial charge in [0.2, 0.25) is 0 Å². The molecule has 0 unspecified atom stereocenters. The van der Waals surface area contributed by atoms with Gasteiger partial charge in [-0.2, -0.15) is 0 Å². The van der Waals surface area contributed by atoms with Crippen molar-refractivity contribution >= 4 is 33.4 Å². The second kappa shape index (κ2) is 6.35. The molecule has 0 N–H and O–H groups in total. The van der Waals surface area contributed by atoms with Crippen LogP contribution in [-0.2, 0) is 9.84 Å². The van der Waals surface area contributed by atoms with Crippen LogP contribution in [0.1, 0.15) is 13.3 Å². The third-order valence-electron chi connectivity index (χ3n) is 2.90. The summed E-state index contributed by atoms with van der Waals surface area (Å²) in [5.41, 5.74) is 0. The van der Waals surface area contributed by atoms with Crippen molar-refractivity contribution in [2.45, 2.75) is 22.8 Å². The monoisotopic (exact) mass is 302 g/mol. The standard InChI is InChI=1S/C13H18O2S3/c1-11(13-16-8-5-9-17-13)10-18(14,15)12-6-3-2-4-7-12/h2-4,6-7,11,13H,5,8-10H2,1H3/t11-/m1/s1. The minimum Gasteiger partial charge on any atom is -0.224 e. The minimum absolute atomic E-state index is 0.200. The molecule has 1 fully saturated rings. The number of hydrogen-bond donors (Lipinski definition) is 0. The van der Waals surface area contributed by atoms with Crippen LogP contribution in [0.4, 0.5) is 0 Å². The summed E-state index contributed by atoms with van der Waals surface area (Å²) in [7, 11) is -3.14. The van der Waals surface area contributed by atoms with Gasteiger partial charge in [-0.1, -0.05) is 25.1 Å². The first-order chi connectivity index (χ1) is 8.59. The smallest absolute Gasteiger partial charge is 0.178 e. The second-order valence-electron chi connectivity index (χ2n) is 4.54. The average Bonchev–Trinajstić information content (AvgIpc) is 2.40. The van der Waals surface area contributed by atoms with Gasteiger partial charge in [-0.3, -0.25) is 0 Å². The fraction of sp³-hybridized carbons (Fsp3) is 0.538. The average molecular weight is 302 g/mol. The summed E-state index contributed by atoms with van der Waals surface area (Å²) >= 11 is 3.81. The third-order valence-corrected chi connectivity index (χ3v) is 8.31. The molecule has 1 aromatic rings. The van der Waals surface area contributed by atoms with Gasteiger partial charge in [0.15, 0.2) is 9.84 Å². The van der Waals surface area contributed by atoms with Crippen LogP contribution in [0.3, 0.4) is 0 Å². The number of thioether (sulfide) groups is 2. The zero-order chi connectivity index (χ0) is 13.0. The highest BCUT2D eigenvalue weighted by molar-refractivity contribution is 8.17. The molecule has 0 saturated carbocycles. The summed E-state index contributed by atoms with van der Waals surface area (Å²) < 4.78 is 25.0. The highest BCUT2D eigenvalue weighted by atomic mass is 32.2. The second-order valence-corrected chi connectivity index (χ2v) is 9.37. The largest absolute Gasteiger partial charge is 0.224 e. The summed E-state index contributed by atoms with van der Waals surface area (Å²) in [5, 5.41) is 0. The van der Waals surface area contributed by atoms with Crippen molar-refractivity contribution in [2.24, 2.45) is 5.92 Å². The molecule has 2 rings (SSSR count). The molecule has 0 amide bonds. The predicted molar refractivity (Wildman–Crippen MR) is 81.0 cm³/mol. The number of benzene rings is 1. The maximum Gasteiger partial charge on any atom is 0.178 e. The van der Waals surface area contributed by atoms with Gasteiger partial charge < -0.3 is 0 Å². The van der Waals surface area contributed by atoms with E-state index in [2.05, 4.69) is 6.92 Å². The Morgan fingerprint density at radius 1 is 1.22 bits per heavy atom. The van der Waals surface area contributed by atoms with Gasteiger partial charge in [0.05, 0.1) is 15.2 Å². The Kier molecular flexibility index (Phi) is 5.04. The lowest BCUT2D eigenvalue weighted by Crippen LogP contribution is -2.23. The summed E-state index contributed by atoms with van der Waals surface area (Å²) in [4.78, 5) is 0.447. The zero-order valence-corrected chi connectivity index (χ0v) is 12.9. The number of rotatable bonds is 4. The highest BCUT2D eigenvalue weighted by Gasteiger charge is 2.26. The molecule has 0 spiro atoms. The molecule has 0 aliphatic carbocycles. The lowest BCUT2D eigenvalue weighted by atomic mass is 10.3. The van der Waals surface area contributed by atoms with E-state index in [9.17, 15) is 8.42 Å². The van der Waals surface area contributed by atoms with Crippen LogP contribution < -0.4 is 0 Å². The maximum absolute atomic E-state index is 12.3. The lowest BCUT2D eigenvalue weighted by molar-refractivity contribution is 0.580. The fourth-order valence-electron chi connectivity index (χ4n) is 1.98. The SMILES string of the molecule is C[C@H](CS(=O)(=O)c1ccccc1)C1SCCCS1. The van der Waals surface area contributed by atoms with Crippen LogP contribution in [0.25, 0.3) is 0 Å². The Morgan fingerprint density at radius 3 is 2.44 bits per heavy atom. The van der Waals surface area contributed by atoms with Crippen LogP contribution in [0.2, 0.25) is 0 Å². The molecule has 1 heterocycles. The van der Waals surface area contributed by atoms with Gasteiger partial charge in [-0.05, 0) is 36.0 Å². The van der Waals surface area contributed by atoms with Gasteiger partial charge in [0, 0.05) is 0 Å². The van der Waals surface area contributed by atoms with Gasteiger partial charge in [0.25, 0.3) is 0 Å². The molecule has 100 valence electrons. The van der Waals surface area contributed by atoms with E-state index in [1.54, 1.807) is 24.3 Å². The molecule has 5 heteroatoms. The van der Waals surface area contributed by atoms with Crippen molar-refractivity contribution < 1.29 is 8.42 Å². The molecule has 1 aliphatic rings. The summed E-state index contributed by atoms with van der Waals surface area (Å²) in [6, 6.07) is 8.77. The van der Waals surface area contributed by atoms with Crippen LogP contribution in [0, 0.1) is 5.92 Å². The predicted octanol–water partition coefficient (Wildman–Crippen LogP) is 3.29. The summed E-state index contributed by atoms with van der Waals surface area (Å²) in [6.45, 7) is 2.05. The molecule has 0 aromatic heterocycles. The number of hydrogen-bond acceptors (Lipinski definition) is 4. The van der Waals surface area contributed by atoms with Crippen molar-refractivity contribution in [3.05, 3.63) is 30.3 Å². The Balaban J connectivity index is 2.04. The van der Waals surface area contributed by atoms with Gasteiger partial charge >= 0.3 is 0 Å². The Hall–Kier alpha value is -0.130. The first kappa shape index (κ1) is 14.3. The molecular formula is C13H18O2S3. The fourth-order valence-corrected chi connectivity index (χ4v) is 6.96. The Labute approximate surface area is 118 Å². The van der Waals surface area contributed by atoms with E-state index in [0.29, 0.717) is 9.48 Å². The first-order valence-corrected chi connectivity index (χ1v) is 9.85. The van der Waals surface area contributed by atoms with E-state index in [0.717, 1.165) is 11.5 Å². The third kappa shape index (κ3) is 3.68. The molecule has 2 nitrogen and oxygen atoms in total. The quantitative estimate of drug-likeness (QED) is 0.854. The van der Waals surface area contributed by atoms with Crippen LogP contribution >= 0.6 is 23.5 Å². The van der Waals surface area contributed by atoms with Crippen molar-refractivity contribution in [2.75, 3.05) is 17.3 Å². The van der Waals surface area contributed by atoms with Gasteiger partial charge in [-0.15, -0.1) is 23.5 Å². The molecule has 1 atom stereocenters. The van der Waals surface area contributed by atoms with E-state index in [-0.39, 0.29) is 11.7 Å². The van der Waals surface area contributed by atoms with Crippen molar-refractivity contribution in [3.63, 3.8) is 0 Å². The van der Waals surface area contributed by atoms with Crippen molar-refractivity contribution in [1.29, 1.82) is 0 Å². The maximum atomic E-state index is 12.3. The van der Waals surface area contributed by atoms with Crippen LogP contribution in [-0.4, -0.2) is 30.3 Å².